The van der Waals surface area contributed by atoms with Gasteiger partial charge >= 0.3 is 0 Å². The van der Waals surface area contributed by atoms with Crippen LogP contribution in [0.15, 0.2) is 30.5 Å². The summed E-state index contributed by atoms with van der Waals surface area (Å²) < 4.78 is 7.60. The minimum Gasteiger partial charge on any atom is -0.380 e. The minimum atomic E-state index is 0.242. The minimum absolute atomic E-state index is 0.242. The second kappa shape index (κ2) is 5.35. The Balaban J connectivity index is 1.76. The summed E-state index contributed by atoms with van der Waals surface area (Å²) in [6.45, 7) is 3.99. The van der Waals surface area contributed by atoms with E-state index in [0.29, 0.717) is 0 Å². The van der Waals surface area contributed by atoms with Crippen molar-refractivity contribution in [2.24, 2.45) is 0 Å². The molecule has 0 saturated heterocycles. The summed E-state index contributed by atoms with van der Waals surface area (Å²) in [7, 11) is 1.76. The van der Waals surface area contributed by atoms with Crippen molar-refractivity contribution in [1.82, 2.24) is 9.88 Å². The highest BCUT2D eigenvalue weighted by atomic mass is 16.5. The SMILES string of the molecule is COC(C)Cn1ccc2cc(CNC3CC3)ccc21. The molecule has 3 nitrogen and oxygen atoms in total. The third-order valence-corrected chi connectivity index (χ3v) is 3.86. The van der Waals surface area contributed by atoms with E-state index >= 15 is 0 Å². The lowest BCUT2D eigenvalue weighted by atomic mass is 10.1. The molecule has 0 spiro atoms. The van der Waals surface area contributed by atoms with E-state index in [0.717, 1.165) is 19.1 Å². The molecule has 0 amide bonds. The van der Waals surface area contributed by atoms with Crippen molar-refractivity contribution in [1.29, 1.82) is 0 Å². The van der Waals surface area contributed by atoms with Gasteiger partial charge in [-0.25, -0.2) is 0 Å². The zero-order chi connectivity index (χ0) is 13.2. The van der Waals surface area contributed by atoms with Gasteiger partial charge in [-0.1, -0.05) is 6.07 Å². The van der Waals surface area contributed by atoms with Gasteiger partial charge in [-0.2, -0.15) is 0 Å². The number of benzene rings is 1. The van der Waals surface area contributed by atoms with Gasteiger partial charge in [0, 0.05) is 38.0 Å². The number of aromatic nitrogens is 1. The number of nitrogens with zero attached hydrogens (tertiary/aromatic N) is 1. The Labute approximate surface area is 114 Å². The first-order valence-electron chi connectivity index (χ1n) is 7.10. The van der Waals surface area contributed by atoms with Gasteiger partial charge in [-0.05, 0) is 48.9 Å². The van der Waals surface area contributed by atoms with Crippen LogP contribution < -0.4 is 5.32 Å². The smallest absolute Gasteiger partial charge is 0.0722 e. The molecule has 2 aromatic rings. The van der Waals surface area contributed by atoms with Crippen molar-refractivity contribution in [2.75, 3.05) is 7.11 Å². The topological polar surface area (TPSA) is 26.2 Å². The van der Waals surface area contributed by atoms with Gasteiger partial charge in [-0.3, -0.25) is 0 Å². The summed E-state index contributed by atoms with van der Waals surface area (Å²) in [4.78, 5) is 0. The van der Waals surface area contributed by atoms with Crippen LogP contribution in [0.2, 0.25) is 0 Å². The summed E-state index contributed by atoms with van der Waals surface area (Å²) in [5.74, 6) is 0. The fourth-order valence-corrected chi connectivity index (χ4v) is 2.42. The van der Waals surface area contributed by atoms with Crippen LogP contribution in [0.25, 0.3) is 10.9 Å². The lowest BCUT2D eigenvalue weighted by molar-refractivity contribution is 0.104. The molecule has 1 aliphatic carbocycles. The monoisotopic (exact) mass is 258 g/mol. The van der Waals surface area contributed by atoms with Crippen LogP contribution >= 0.6 is 0 Å². The van der Waals surface area contributed by atoms with Gasteiger partial charge < -0.3 is 14.6 Å². The van der Waals surface area contributed by atoms with Crippen LogP contribution in [0.3, 0.4) is 0 Å². The number of hydrogen-bond acceptors (Lipinski definition) is 2. The molecule has 1 N–H and O–H groups in total. The largest absolute Gasteiger partial charge is 0.380 e. The lowest BCUT2D eigenvalue weighted by Crippen LogP contribution is -2.15. The summed E-state index contributed by atoms with van der Waals surface area (Å²) in [6.07, 6.45) is 5.08. The molecule has 19 heavy (non-hydrogen) atoms. The summed E-state index contributed by atoms with van der Waals surface area (Å²) in [5.41, 5.74) is 2.66. The van der Waals surface area contributed by atoms with Gasteiger partial charge in [0.25, 0.3) is 0 Å². The average molecular weight is 258 g/mol. The molecule has 3 heteroatoms. The number of nitrogens with one attached hydrogen (secondary N) is 1. The summed E-state index contributed by atoms with van der Waals surface area (Å²) >= 11 is 0. The van der Waals surface area contributed by atoms with Crippen LogP contribution in [-0.4, -0.2) is 23.8 Å². The van der Waals surface area contributed by atoms with Crippen molar-refractivity contribution in [3.8, 4) is 0 Å². The number of ether oxygens (including phenoxy) is 1. The number of methoxy groups -OCH3 is 1. The lowest BCUT2D eigenvalue weighted by Gasteiger charge is -2.12. The van der Waals surface area contributed by atoms with E-state index in [9.17, 15) is 0 Å². The third-order valence-electron chi connectivity index (χ3n) is 3.86. The Morgan fingerprint density at radius 1 is 1.37 bits per heavy atom. The molecule has 1 fully saturated rings. The van der Waals surface area contributed by atoms with Crippen LogP contribution in [0.4, 0.5) is 0 Å². The van der Waals surface area contributed by atoms with E-state index in [4.69, 9.17) is 4.74 Å². The van der Waals surface area contributed by atoms with E-state index in [1.807, 2.05) is 0 Å². The highest BCUT2D eigenvalue weighted by molar-refractivity contribution is 5.80. The summed E-state index contributed by atoms with van der Waals surface area (Å²) in [5, 5.41) is 4.88. The molecule has 1 aliphatic rings. The number of fused-ring (bicyclic) bond motifs is 1. The second-order valence-corrected chi connectivity index (χ2v) is 5.56. The quantitative estimate of drug-likeness (QED) is 0.862. The Morgan fingerprint density at radius 2 is 2.21 bits per heavy atom. The van der Waals surface area contributed by atoms with Crippen molar-refractivity contribution in [3.05, 3.63) is 36.0 Å². The molecule has 0 aliphatic heterocycles. The normalized spacial score (nSPS) is 16.9. The fraction of sp³-hybridized carbons (Fsp3) is 0.500. The molecule has 1 heterocycles. The molecule has 0 bridgehead atoms. The van der Waals surface area contributed by atoms with E-state index in [1.54, 1.807) is 7.11 Å². The molecular weight excluding hydrogens is 236 g/mol. The van der Waals surface area contributed by atoms with Gasteiger partial charge in [0.2, 0.25) is 0 Å². The molecule has 1 aromatic carbocycles. The first-order valence-corrected chi connectivity index (χ1v) is 7.10. The van der Waals surface area contributed by atoms with Crippen LogP contribution in [0.5, 0.6) is 0 Å². The van der Waals surface area contributed by atoms with Gasteiger partial charge in [0.15, 0.2) is 0 Å². The number of rotatable bonds is 6. The Morgan fingerprint density at radius 3 is 2.95 bits per heavy atom. The van der Waals surface area contributed by atoms with E-state index in [-0.39, 0.29) is 6.10 Å². The Bertz CT molecular complexity index is 557. The molecule has 3 rings (SSSR count). The van der Waals surface area contributed by atoms with Crippen molar-refractivity contribution < 1.29 is 4.74 Å². The first kappa shape index (κ1) is 12.7. The van der Waals surface area contributed by atoms with Crippen molar-refractivity contribution >= 4 is 10.9 Å². The van der Waals surface area contributed by atoms with Gasteiger partial charge in [0.1, 0.15) is 0 Å². The molecule has 0 radical (unpaired) electrons. The number of hydrogen-bond donors (Lipinski definition) is 1. The molecule has 102 valence electrons. The maximum Gasteiger partial charge on any atom is 0.0722 e. The van der Waals surface area contributed by atoms with Crippen LogP contribution in [0.1, 0.15) is 25.3 Å². The van der Waals surface area contributed by atoms with Crippen molar-refractivity contribution in [2.45, 2.75) is 45.0 Å². The van der Waals surface area contributed by atoms with Crippen molar-refractivity contribution in [3.63, 3.8) is 0 Å². The average Bonchev–Trinajstić information content (AvgIpc) is 3.18. The van der Waals surface area contributed by atoms with Crippen LogP contribution in [-0.2, 0) is 17.8 Å². The molecular formula is C16H22N2O. The second-order valence-electron chi connectivity index (χ2n) is 5.56. The summed E-state index contributed by atoms with van der Waals surface area (Å²) in [6, 6.07) is 9.70. The Kier molecular flexibility index (Phi) is 3.58. The van der Waals surface area contributed by atoms with E-state index < -0.39 is 0 Å². The van der Waals surface area contributed by atoms with Gasteiger partial charge in [0.05, 0.1) is 6.10 Å². The predicted octanol–water partition coefficient (Wildman–Crippen LogP) is 2.93. The fourth-order valence-electron chi connectivity index (χ4n) is 2.42. The maximum atomic E-state index is 5.34. The first-order chi connectivity index (χ1) is 9.26. The highest BCUT2D eigenvalue weighted by Gasteiger charge is 2.19. The molecule has 1 unspecified atom stereocenters. The van der Waals surface area contributed by atoms with E-state index in [1.165, 1.54) is 29.3 Å². The zero-order valence-corrected chi connectivity index (χ0v) is 11.7. The van der Waals surface area contributed by atoms with Gasteiger partial charge in [-0.15, -0.1) is 0 Å². The Hall–Kier alpha value is -1.32. The van der Waals surface area contributed by atoms with E-state index in [2.05, 4.69) is 47.3 Å². The standard InChI is InChI=1S/C16H22N2O/c1-12(19-2)11-18-8-7-14-9-13(3-6-16(14)18)10-17-15-4-5-15/h3,6-9,12,15,17H,4-5,10-11H2,1-2H3. The third kappa shape index (κ3) is 2.99. The predicted molar refractivity (Wildman–Crippen MR) is 78.3 cm³/mol. The molecule has 1 saturated carbocycles. The molecule has 1 aromatic heterocycles. The van der Waals surface area contributed by atoms with Crippen LogP contribution in [0, 0.1) is 0 Å². The zero-order valence-electron chi connectivity index (χ0n) is 11.7. The maximum absolute atomic E-state index is 5.34. The molecule has 1 atom stereocenters. The highest BCUT2D eigenvalue weighted by Crippen LogP contribution is 2.21.